The van der Waals surface area contributed by atoms with Gasteiger partial charge in [-0.2, -0.15) is 0 Å². The van der Waals surface area contributed by atoms with E-state index in [0.717, 1.165) is 6.42 Å². The Morgan fingerprint density at radius 2 is 1.42 bits per heavy atom. The molecule has 4 nitrogen and oxygen atoms in total. The Morgan fingerprint density at radius 1 is 0.895 bits per heavy atom. The number of carbonyl (C=O) groups excluding carboxylic acids is 2. The number of nitrogens with one attached hydrogen (secondary N) is 1. The molecule has 0 spiro atoms. The Bertz CT molecular complexity index is 193. The average Bonchev–Trinajstić information content (AvgIpc) is 2.40. The summed E-state index contributed by atoms with van der Waals surface area (Å²) in [7, 11) is 0. The van der Waals surface area contributed by atoms with Crippen molar-refractivity contribution in [2.24, 2.45) is 5.73 Å². The van der Waals surface area contributed by atoms with E-state index in [9.17, 15) is 9.59 Å². The fourth-order valence-electron chi connectivity index (χ4n) is 1.13. The van der Waals surface area contributed by atoms with Crippen LogP contribution in [0.15, 0.2) is 0 Å². The molecule has 2 amide bonds. The maximum absolute atomic E-state index is 10.9. The highest BCUT2D eigenvalue weighted by atomic mass is 16.2. The smallest absolute Gasteiger partial charge is 0.220 e. The first-order valence-corrected chi connectivity index (χ1v) is 7.63. The average molecular weight is 274 g/mol. The zero-order valence-corrected chi connectivity index (χ0v) is 13.6. The summed E-state index contributed by atoms with van der Waals surface area (Å²) in [5, 5.41) is 2.72. The van der Waals surface area contributed by atoms with Crippen molar-refractivity contribution >= 4 is 11.8 Å². The fraction of sp³-hybridized carbons (Fsp3) is 0.867. The topological polar surface area (TPSA) is 72.2 Å². The highest BCUT2D eigenvalue weighted by molar-refractivity contribution is 5.77. The van der Waals surface area contributed by atoms with E-state index < -0.39 is 0 Å². The van der Waals surface area contributed by atoms with Crippen LogP contribution in [0.3, 0.4) is 0 Å². The van der Waals surface area contributed by atoms with Crippen LogP contribution < -0.4 is 11.1 Å². The summed E-state index contributed by atoms with van der Waals surface area (Å²) in [5.74, 6) is -0.351. The summed E-state index contributed by atoms with van der Waals surface area (Å²) < 4.78 is 0. The van der Waals surface area contributed by atoms with Gasteiger partial charge >= 0.3 is 0 Å². The minimum absolute atomic E-state index is 0.00176. The van der Waals surface area contributed by atoms with Gasteiger partial charge in [0.25, 0.3) is 0 Å². The minimum Gasteiger partial charge on any atom is -0.370 e. The van der Waals surface area contributed by atoms with Gasteiger partial charge < -0.3 is 11.1 Å². The predicted octanol–water partition coefficient (Wildman–Crippen LogP) is 3.39. The van der Waals surface area contributed by atoms with E-state index >= 15 is 0 Å². The van der Waals surface area contributed by atoms with Crippen LogP contribution in [-0.2, 0) is 9.59 Å². The van der Waals surface area contributed by atoms with Crippen LogP contribution in [0.2, 0.25) is 0 Å². The van der Waals surface area contributed by atoms with Crippen LogP contribution in [0, 0.1) is 0 Å². The third-order valence-corrected chi connectivity index (χ3v) is 2.11. The van der Waals surface area contributed by atoms with Gasteiger partial charge in [-0.25, -0.2) is 0 Å². The highest BCUT2D eigenvalue weighted by Gasteiger charge is 2.00. The number of amides is 2. The first-order chi connectivity index (χ1) is 9.08. The lowest BCUT2D eigenvalue weighted by atomic mass is 10.2. The monoisotopic (exact) mass is 274 g/mol. The molecule has 0 atom stereocenters. The molecule has 0 aromatic carbocycles. The molecule has 0 aliphatic rings. The van der Waals surface area contributed by atoms with E-state index in [1.807, 2.05) is 20.8 Å². The van der Waals surface area contributed by atoms with Crippen molar-refractivity contribution in [1.29, 1.82) is 0 Å². The van der Waals surface area contributed by atoms with Crippen molar-refractivity contribution in [3.63, 3.8) is 0 Å². The SMILES string of the molecule is CC.CCCCC.CCCNC(=O)CCCC(N)=O. The number of rotatable bonds is 8. The molecule has 116 valence electrons. The molecule has 0 unspecified atom stereocenters. The molecule has 0 rings (SSSR count). The lowest BCUT2D eigenvalue weighted by Gasteiger charge is -2.01. The van der Waals surface area contributed by atoms with Gasteiger partial charge in [0.1, 0.15) is 0 Å². The second kappa shape index (κ2) is 22.1. The second-order valence-electron chi connectivity index (χ2n) is 4.02. The van der Waals surface area contributed by atoms with Gasteiger partial charge in [-0.15, -0.1) is 0 Å². The lowest BCUT2D eigenvalue weighted by Crippen LogP contribution is -2.24. The van der Waals surface area contributed by atoms with Crippen molar-refractivity contribution in [2.45, 2.75) is 79.6 Å². The predicted molar refractivity (Wildman–Crippen MR) is 82.9 cm³/mol. The fourth-order valence-corrected chi connectivity index (χ4v) is 1.13. The van der Waals surface area contributed by atoms with E-state index in [2.05, 4.69) is 19.2 Å². The Kier molecular flexibility index (Phi) is 26.9. The number of unbranched alkanes of at least 4 members (excludes halogenated alkanes) is 2. The third-order valence-electron chi connectivity index (χ3n) is 2.11. The van der Waals surface area contributed by atoms with Crippen LogP contribution in [0.4, 0.5) is 0 Å². The summed E-state index contributed by atoms with van der Waals surface area (Å²) in [5.41, 5.74) is 4.91. The van der Waals surface area contributed by atoms with Crippen molar-refractivity contribution in [2.75, 3.05) is 6.54 Å². The summed E-state index contributed by atoms with van der Waals surface area (Å²) in [6.07, 6.45) is 6.24. The highest BCUT2D eigenvalue weighted by Crippen LogP contribution is 1.93. The molecule has 0 saturated carbocycles. The van der Waals surface area contributed by atoms with Gasteiger partial charge in [-0.1, -0.05) is 53.9 Å². The zero-order chi connectivity index (χ0) is 15.5. The maximum Gasteiger partial charge on any atom is 0.220 e. The normalized spacial score (nSPS) is 8.47. The van der Waals surface area contributed by atoms with E-state index in [4.69, 9.17) is 5.73 Å². The summed E-state index contributed by atoms with van der Waals surface area (Å²) in [6.45, 7) is 11.1. The van der Waals surface area contributed by atoms with E-state index in [-0.39, 0.29) is 11.8 Å². The molecule has 0 fully saturated rings. The molecular weight excluding hydrogens is 240 g/mol. The summed E-state index contributed by atoms with van der Waals surface area (Å²) >= 11 is 0. The van der Waals surface area contributed by atoms with Crippen LogP contribution in [-0.4, -0.2) is 18.4 Å². The molecular formula is C15H34N2O2. The largest absolute Gasteiger partial charge is 0.370 e. The van der Waals surface area contributed by atoms with Gasteiger partial charge in [0.15, 0.2) is 0 Å². The molecule has 4 heteroatoms. The number of nitrogens with two attached hydrogens (primary N) is 1. The quantitative estimate of drug-likeness (QED) is 0.712. The van der Waals surface area contributed by atoms with Crippen molar-refractivity contribution in [3.8, 4) is 0 Å². The molecule has 0 saturated heterocycles. The number of primary amides is 1. The van der Waals surface area contributed by atoms with Gasteiger partial charge in [-0.05, 0) is 12.8 Å². The zero-order valence-electron chi connectivity index (χ0n) is 13.6. The van der Waals surface area contributed by atoms with Crippen LogP contribution in [0.1, 0.15) is 79.6 Å². The number of hydrogen-bond acceptors (Lipinski definition) is 2. The van der Waals surface area contributed by atoms with Crippen LogP contribution in [0.25, 0.3) is 0 Å². The Morgan fingerprint density at radius 3 is 1.74 bits per heavy atom. The van der Waals surface area contributed by atoms with E-state index in [1.165, 1.54) is 19.3 Å². The number of carbonyl (C=O) groups is 2. The number of hydrogen-bond donors (Lipinski definition) is 2. The maximum atomic E-state index is 10.9. The molecule has 0 aromatic rings. The second-order valence-corrected chi connectivity index (χ2v) is 4.02. The minimum atomic E-state index is -0.349. The molecule has 3 N–H and O–H groups in total. The van der Waals surface area contributed by atoms with Crippen molar-refractivity contribution < 1.29 is 9.59 Å². The molecule has 0 heterocycles. The van der Waals surface area contributed by atoms with Gasteiger partial charge in [-0.3, -0.25) is 9.59 Å². The molecule has 0 bridgehead atoms. The van der Waals surface area contributed by atoms with E-state index in [0.29, 0.717) is 25.8 Å². The first-order valence-electron chi connectivity index (χ1n) is 7.63. The molecule has 19 heavy (non-hydrogen) atoms. The van der Waals surface area contributed by atoms with Crippen LogP contribution >= 0.6 is 0 Å². The lowest BCUT2D eigenvalue weighted by molar-refractivity contribution is -0.121. The van der Waals surface area contributed by atoms with Crippen LogP contribution in [0.5, 0.6) is 0 Å². The standard InChI is InChI=1S/C8H16N2O2.C5H12.C2H6/c1-2-6-10-8(12)5-3-4-7(9)11;1-3-5-4-2;1-2/h2-6H2,1H3,(H2,9,11)(H,10,12);3-5H2,1-2H3;1-2H3. The van der Waals surface area contributed by atoms with E-state index in [1.54, 1.807) is 0 Å². The first kappa shape index (κ1) is 23.1. The third kappa shape index (κ3) is 31.6. The van der Waals surface area contributed by atoms with Gasteiger partial charge in [0.05, 0.1) is 0 Å². The molecule has 0 radical (unpaired) electrons. The van der Waals surface area contributed by atoms with Gasteiger partial charge in [0, 0.05) is 19.4 Å². The molecule has 0 aliphatic carbocycles. The summed E-state index contributed by atoms with van der Waals surface area (Å²) in [4.78, 5) is 21.2. The van der Waals surface area contributed by atoms with Gasteiger partial charge in [0.2, 0.25) is 11.8 Å². The molecule has 0 aromatic heterocycles. The van der Waals surface area contributed by atoms with Crippen molar-refractivity contribution in [3.05, 3.63) is 0 Å². The Balaban J connectivity index is -0.000000307. The Hall–Kier alpha value is -1.06. The van der Waals surface area contributed by atoms with Crippen molar-refractivity contribution in [1.82, 2.24) is 5.32 Å². The summed E-state index contributed by atoms with van der Waals surface area (Å²) in [6, 6.07) is 0. The Labute approximate surface area is 119 Å². The molecule has 0 aliphatic heterocycles.